The van der Waals surface area contributed by atoms with Gasteiger partial charge >= 0.3 is 0 Å². The molecule has 0 aromatic heterocycles. The molecule has 1 rings (SSSR count). The molecule has 14 heavy (non-hydrogen) atoms. The molecule has 1 aromatic rings. The number of rotatable bonds is 3. The zero-order valence-electron chi connectivity index (χ0n) is 7.74. The molecule has 0 fully saturated rings. The number of non-ortho nitro benzene ring substituents is 1. The maximum Gasteiger partial charge on any atom is 0.269 e. The van der Waals surface area contributed by atoms with Gasteiger partial charge in [-0.2, -0.15) is 0 Å². The van der Waals surface area contributed by atoms with Gasteiger partial charge < -0.3 is 0 Å². The average molecular weight is 303 g/mol. The molecule has 0 saturated carbocycles. The number of hydrogen-bond acceptors (Lipinski definition) is 2. The van der Waals surface area contributed by atoms with E-state index in [1.54, 1.807) is 18.2 Å². The van der Waals surface area contributed by atoms with Crippen LogP contribution >= 0.6 is 22.6 Å². The van der Waals surface area contributed by atoms with Gasteiger partial charge in [-0.15, -0.1) is 6.58 Å². The molecule has 0 aliphatic carbocycles. The first-order valence-electron chi connectivity index (χ1n) is 4.12. The summed E-state index contributed by atoms with van der Waals surface area (Å²) in [7, 11) is 0. The summed E-state index contributed by atoms with van der Waals surface area (Å²) >= 11 is 2.17. The van der Waals surface area contributed by atoms with Gasteiger partial charge in [0.05, 0.1) is 4.92 Å². The predicted octanol–water partition coefficient (Wildman–Crippen LogP) is 3.49. The average Bonchev–Trinajstić information content (AvgIpc) is 2.17. The summed E-state index contributed by atoms with van der Waals surface area (Å²) in [5.41, 5.74) is 1.09. The summed E-state index contributed by atoms with van der Waals surface area (Å²) in [6, 6.07) is 4.88. The predicted molar refractivity (Wildman–Crippen MR) is 64.4 cm³/mol. The van der Waals surface area contributed by atoms with Crippen LogP contribution in [0.15, 0.2) is 30.9 Å². The Hall–Kier alpha value is -0.910. The van der Waals surface area contributed by atoms with E-state index in [-0.39, 0.29) is 16.5 Å². The molecule has 0 heterocycles. The summed E-state index contributed by atoms with van der Waals surface area (Å²) in [4.78, 5) is 10.2. The van der Waals surface area contributed by atoms with Crippen LogP contribution in [0.4, 0.5) is 5.69 Å². The van der Waals surface area contributed by atoms with Crippen molar-refractivity contribution < 1.29 is 4.92 Å². The van der Waals surface area contributed by atoms with Gasteiger partial charge in [0.1, 0.15) is 0 Å². The van der Waals surface area contributed by atoms with Crippen LogP contribution in [0.1, 0.15) is 18.4 Å². The van der Waals surface area contributed by atoms with Gasteiger partial charge in [0.2, 0.25) is 0 Å². The fourth-order valence-corrected chi connectivity index (χ4v) is 1.95. The molecule has 74 valence electrons. The molecule has 4 heteroatoms. The van der Waals surface area contributed by atoms with Crippen LogP contribution in [0.3, 0.4) is 0 Å². The molecular formula is C10H10INO2. The van der Waals surface area contributed by atoms with Crippen molar-refractivity contribution in [1.82, 2.24) is 0 Å². The van der Waals surface area contributed by atoms with Crippen molar-refractivity contribution in [2.75, 3.05) is 0 Å². The van der Waals surface area contributed by atoms with Crippen molar-refractivity contribution in [3.63, 3.8) is 0 Å². The van der Waals surface area contributed by atoms with Crippen molar-refractivity contribution >= 4 is 28.3 Å². The highest BCUT2D eigenvalue weighted by Crippen LogP contribution is 2.26. The third-order valence-corrected chi connectivity index (χ3v) is 3.02. The lowest BCUT2D eigenvalue weighted by Gasteiger charge is -2.08. The SMILES string of the molecule is C=CC(C)c1cc([N+](=O)[O-])ccc1I. The topological polar surface area (TPSA) is 43.1 Å². The van der Waals surface area contributed by atoms with Crippen molar-refractivity contribution in [1.29, 1.82) is 0 Å². The van der Waals surface area contributed by atoms with Crippen molar-refractivity contribution in [3.8, 4) is 0 Å². The van der Waals surface area contributed by atoms with Gasteiger partial charge in [-0.05, 0) is 40.1 Å². The van der Waals surface area contributed by atoms with Gasteiger partial charge in [-0.25, -0.2) is 0 Å². The number of nitrogens with zero attached hydrogens (tertiary/aromatic N) is 1. The number of benzene rings is 1. The van der Waals surface area contributed by atoms with Crippen LogP contribution in [-0.2, 0) is 0 Å². The van der Waals surface area contributed by atoms with E-state index < -0.39 is 0 Å². The Labute approximate surface area is 96.1 Å². The van der Waals surface area contributed by atoms with E-state index >= 15 is 0 Å². The lowest BCUT2D eigenvalue weighted by atomic mass is 10.0. The molecule has 0 spiro atoms. The fraction of sp³-hybridized carbons (Fsp3) is 0.200. The lowest BCUT2D eigenvalue weighted by Crippen LogP contribution is -1.96. The van der Waals surface area contributed by atoms with Crippen LogP contribution in [-0.4, -0.2) is 4.92 Å². The minimum Gasteiger partial charge on any atom is -0.258 e. The van der Waals surface area contributed by atoms with Crippen LogP contribution < -0.4 is 0 Å². The summed E-state index contributed by atoms with van der Waals surface area (Å²) < 4.78 is 1.03. The molecule has 0 saturated heterocycles. The van der Waals surface area contributed by atoms with Gasteiger partial charge in [0.25, 0.3) is 5.69 Å². The molecule has 0 aliphatic rings. The standard InChI is InChI=1S/C10H10INO2/c1-3-7(2)9-6-8(12(13)14)4-5-10(9)11/h3-7H,1H2,2H3. The van der Waals surface area contributed by atoms with Crippen LogP contribution in [0, 0.1) is 13.7 Å². The molecule has 0 bridgehead atoms. The first-order chi connectivity index (χ1) is 6.56. The van der Waals surface area contributed by atoms with Gasteiger partial charge in [0, 0.05) is 15.7 Å². The Kier molecular flexibility index (Phi) is 3.62. The second kappa shape index (κ2) is 4.54. The second-order valence-corrected chi connectivity index (χ2v) is 4.15. The summed E-state index contributed by atoms with van der Waals surface area (Å²) in [6.45, 7) is 5.65. The first-order valence-corrected chi connectivity index (χ1v) is 5.20. The van der Waals surface area contributed by atoms with Crippen molar-refractivity contribution in [2.45, 2.75) is 12.8 Å². The molecule has 0 aliphatic heterocycles. The maximum absolute atomic E-state index is 10.6. The molecule has 1 aromatic carbocycles. The molecule has 1 unspecified atom stereocenters. The molecule has 1 atom stereocenters. The summed E-state index contributed by atoms with van der Waals surface area (Å²) in [5, 5.41) is 10.6. The Bertz CT molecular complexity index is 376. The Morgan fingerprint density at radius 3 is 2.79 bits per heavy atom. The van der Waals surface area contributed by atoms with E-state index in [1.165, 1.54) is 6.07 Å². The van der Waals surface area contributed by atoms with Crippen molar-refractivity contribution in [3.05, 3.63) is 50.1 Å². The van der Waals surface area contributed by atoms with Gasteiger partial charge in [-0.3, -0.25) is 10.1 Å². The van der Waals surface area contributed by atoms with E-state index in [4.69, 9.17) is 0 Å². The zero-order chi connectivity index (χ0) is 10.7. The quantitative estimate of drug-likeness (QED) is 0.371. The third-order valence-electron chi connectivity index (χ3n) is 2.03. The van der Waals surface area contributed by atoms with E-state index in [0.717, 1.165) is 9.13 Å². The summed E-state index contributed by atoms with van der Waals surface area (Å²) in [6.07, 6.45) is 1.78. The zero-order valence-corrected chi connectivity index (χ0v) is 9.89. The molecular weight excluding hydrogens is 293 g/mol. The maximum atomic E-state index is 10.6. The van der Waals surface area contributed by atoms with Crippen LogP contribution in [0.5, 0.6) is 0 Å². The van der Waals surface area contributed by atoms with Crippen molar-refractivity contribution in [2.24, 2.45) is 0 Å². The van der Waals surface area contributed by atoms with E-state index in [1.807, 2.05) is 6.92 Å². The minimum atomic E-state index is -0.380. The number of nitro groups is 1. The molecule has 0 amide bonds. The Morgan fingerprint density at radius 1 is 1.64 bits per heavy atom. The number of halogens is 1. The fourth-order valence-electron chi connectivity index (χ4n) is 1.12. The smallest absolute Gasteiger partial charge is 0.258 e. The normalized spacial score (nSPS) is 12.1. The monoisotopic (exact) mass is 303 g/mol. The third kappa shape index (κ3) is 2.31. The largest absolute Gasteiger partial charge is 0.269 e. The first kappa shape index (κ1) is 11.2. The molecule has 0 N–H and O–H groups in total. The van der Waals surface area contributed by atoms with Gasteiger partial charge in [-0.1, -0.05) is 13.0 Å². The summed E-state index contributed by atoms with van der Waals surface area (Å²) in [5.74, 6) is 0.141. The van der Waals surface area contributed by atoms with Crippen LogP contribution in [0.2, 0.25) is 0 Å². The Morgan fingerprint density at radius 2 is 2.29 bits per heavy atom. The highest BCUT2D eigenvalue weighted by Gasteiger charge is 2.12. The molecule has 0 radical (unpaired) electrons. The highest BCUT2D eigenvalue weighted by molar-refractivity contribution is 14.1. The number of hydrogen-bond donors (Lipinski definition) is 0. The van der Waals surface area contributed by atoms with E-state index in [9.17, 15) is 10.1 Å². The van der Waals surface area contributed by atoms with E-state index in [0.29, 0.717) is 0 Å². The van der Waals surface area contributed by atoms with E-state index in [2.05, 4.69) is 29.2 Å². The Balaban J connectivity index is 3.20. The highest BCUT2D eigenvalue weighted by atomic mass is 127. The number of nitro benzene ring substituents is 1. The second-order valence-electron chi connectivity index (χ2n) is 2.99. The number of allylic oxidation sites excluding steroid dienone is 1. The lowest BCUT2D eigenvalue weighted by molar-refractivity contribution is -0.384. The van der Waals surface area contributed by atoms with Gasteiger partial charge in [0.15, 0.2) is 0 Å². The molecule has 3 nitrogen and oxygen atoms in total. The minimum absolute atomic E-state index is 0.133. The van der Waals surface area contributed by atoms with Crippen LogP contribution in [0.25, 0.3) is 0 Å².